The summed E-state index contributed by atoms with van der Waals surface area (Å²) in [6.45, 7) is -0.216. The molecule has 0 atom stereocenters. The molecule has 0 saturated carbocycles. The number of nitrogens with zero attached hydrogens (tertiary/aromatic N) is 1. The fraction of sp³-hybridized carbons (Fsp3) is 0.130. The predicted octanol–water partition coefficient (Wildman–Crippen LogP) is 2.33. The SMILES string of the molecule is O=C(CCC(=O)c1ccc(-c2ccccc2)cc1)NNC(=O)Cn1ccccc1=O. The molecule has 3 aromatic rings. The lowest BCUT2D eigenvalue weighted by Crippen LogP contribution is -2.44. The average Bonchev–Trinajstić information content (AvgIpc) is 2.78. The number of hydrogen-bond acceptors (Lipinski definition) is 4. The Morgan fingerprint density at radius 2 is 1.33 bits per heavy atom. The van der Waals surface area contributed by atoms with Crippen LogP contribution in [0.25, 0.3) is 11.1 Å². The van der Waals surface area contributed by atoms with Crippen LogP contribution < -0.4 is 16.4 Å². The summed E-state index contributed by atoms with van der Waals surface area (Å²) >= 11 is 0. The van der Waals surface area contributed by atoms with Gasteiger partial charge in [0.15, 0.2) is 5.78 Å². The Morgan fingerprint density at radius 1 is 0.700 bits per heavy atom. The van der Waals surface area contributed by atoms with E-state index in [1.54, 1.807) is 24.3 Å². The first-order valence-corrected chi connectivity index (χ1v) is 9.45. The third-order valence-corrected chi connectivity index (χ3v) is 4.45. The number of carbonyl (C=O) groups excluding carboxylic acids is 3. The Bertz CT molecular complexity index is 1090. The van der Waals surface area contributed by atoms with Gasteiger partial charge in [-0.15, -0.1) is 0 Å². The van der Waals surface area contributed by atoms with Crippen molar-refractivity contribution in [2.24, 2.45) is 0 Å². The van der Waals surface area contributed by atoms with Crippen molar-refractivity contribution >= 4 is 17.6 Å². The maximum absolute atomic E-state index is 12.3. The highest BCUT2D eigenvalue weighted by atomic mass is 16.2. The quantitative estimate of drug-likeness (QED) is 0.467. The van der Waals surface area contributed by atoms with Crippen LogP contribution in [0.15, 0.2) is 83.8 Å². The zero-order chi connectivity index (χ0) is 21.3. The number of hydrogen-bond donors (Lipinski definition) is 2. The van der Waals surface area contributed by atoms with Gasteiger partial charge in [-0.1, -0.05) is 60.7 Å². The molecule has 152 valence electrons. The summed E-state index contributed by atoms with van der Waals surface area (Å²) in [6, 6.07) is 21.6. The second-order valence-electron chi connectivity index (χ2n) is 6.63. The van der Waals surface area contributed by atoms with Gasteiger partial charge in [0.2, 0.25) is 5.91 Å². The van der Waals surface area contributed by atoms with E-state index < -0.39 is 11.8 Å². The van der Waals surface area contributed by atoms with Crippen LogP contribution in [-0.4, -0.2) is 22.2 Å². The summed E-state index contributed by atoms with van der Waals surface area (Å²) in [5.41, 5.74) is 6.76. The van der Waals surface area contributed by atoms with Crippen molar-refractivity contribution in [1.82, 2.24) is 15.4 Å². The van der Waals surface area contributed by atoms with E-state index in [2.05, 4.69) is 10.9 Å². The first-order valence-electron chi connectivity index (χ1n) is 9.45. The van der Waals surface area contributed by atoms with Gasteiger partial charge in [-0.2, -0.15) is 0 Å². The van der Waals surface area contributed by atoms with Gasteiger partial charge in [-0.3, -0.25) is 30.0 Å². The van der Waals surface area contributed by atoms with Crippen LogP contribution >= 0.6 is 0 Å². The van der Waals surface area contributed by atoms with Gasteiger partial charge in [0, 0.05) is 30.7 Å². The van der Waals surface area contributed by atoms with E-state index in [1.165, 1.54) is 16.8 Å². The van der Waals surface area contributed by atoms with Crippen molar-refractivity contribution in [2.45, 2.75) is 19.4 Å². The molecule has 0 bridgehead atoms. The molecule has 2 N–H and O–H groups in total. The number of hydrazine groups is 1. The van der Waals surface area contributed by atoms with Crippen molar-refractivity contribution in [1.29, 1.82) is 0 Å². The highest BCUT2D eigenvalue weighted by molar-refractivity contribution is 5.98. The Kier molecular flexibility index (Phi) is 6.89. The zero-order valence-electron chi connectivity index (χ0n) is 16.2. The largest absolute Gasteiger partial charge is 0.306 e. The molecule has 0 spiro atoms. The van der Waals surface area contributed by atoms with Crippen molar-refractivity contribution < 1.29 is 14.4 Å². The minimum atomic E-state index is -0.542. The van der Waals surface area contributed by atoms with Crippen LogP contribution in [0.3, 0.4) is 0 Å². The van der Waals surface area contributed by atoms with Gasteiger partial charge in [-0.05, 0) is 17.2 Å². The van der Waals surface area contributed by atoms with E-state index in [0.29, 0.717) is 5.56 Å². The minimum Gasteiger partial charge on any atom is -0.306 e. The van der Waals surface area contributed by atoms with Gasteiger partial charge < -0.3 is 4.57 Å². The molecule has 0 aliphatic carbocycles. The third-order valence-electron chi connectivity index (χ3n) is 4.45. The summed E-state index contributed by atoms with van der Waals surface area (Å²) < 4.78 is 1.21. The molecule has 0 aliphatic rings. The topological polar surface area (TPSA) is 97.3 Å². The highest BCUT2D eigenvalue weighted by Crippen LogP contribution is 2.19. The maximum Gasteiger partial charge on any atom is 0.258 e. The van der Waals surface area contributed by atoms with Crippen LogP contribution in [0.2, 0.25) is 0 Å². The van der Waals surface area contributed by atoms with Gasteiger partial charge in [0.1, 0.15) is 6.54 Å². The highest BCUT2D eigenvalue weighted by Gasteiger charge is 2.11. The number of amides is 2. The Balaban J connectivity index is 1.44. The predicted molar refractivity (Wildman–Crippen MR) is 112 cm³/mol. The standard InChI is InChI=1S/C23H21N3O4/c27-20(19-11-9-18(10-12-19)17-6-2-1-3-7-17)13-14-21(28)24-25-22(29)16-26-15-5-4-8-23(26)30/h1-12,15H,13-14,16H2,(H,24,28)(H,25,29). The number of pyridine rings is 1. The van der Waals surface area contributed by atoms with E-state index in [1.807, 2.05) is 42.5 Å². The van der Waals surface area contributed by atoms with E-state index in [0.717, 1.165) is 11.1 Å². The summed E-state index contributed by atoms with van der Waals surface area (Å²) in [4.78, 5) is 47.6. The van der Waals surface area contributed by atoms with E-state index in [9.17, 15) is 19.2 Å². The third kappa shape index (κ3) is 5.75. The molecule has 0 fully saturated rings. The molecule has 7 heteroatoms. The van der Waals surface area contributed by atoms with Crippen molar-refractivity contribution in [3.05, 3.63) is 94.9 Å². The summed E-state index contributed by atoms with van der Waals surface area (Å²) in [7, 11) is 0. The summed E-state index contributed by atoms with van der Waals surface area (Å²) in [5.74, 6) is -1.19. The summed E-state index contributed by atoms with van der Waals surface area (Å²) in [6.07, 6.45) is 1.43. The molecule has 0 radical (unpaired) electrons. The fourth-order valence-electron chi connectivity index (χ4n) is 2.84. The number of rotatable bonds is 7. The van der Waals surface area contributed by atoms with Gasteiger partial charge in [0.25, 0.3) is 11.5 Å². The molecule has 7 nitrogen and oxygen atoms in total. The molecule has 0 unspecified atom stereocenters. The molecule has 1 aromatic heterocycles. The molecule has 0 saturated heterocycles. The van der Waals surface area contributed by atoms with Crippen LogP contribution in [0, 0.1) is 0 Å². The lowest BCUT2D eigenvalue weighted by Gasteiger charge is -2.08. The van der Waals surface area contributed by atoms with Crippen LogP contribution in [0.1, 0.15) is 23.2 Å². The first kappa shape index (κ1) is 20.7. The van der Waals surface area contributed by atoms with Gasteiger partial charge in [0.05, 0.1) is 0 Å². The molecule has 1 heterocycles. The molecular weight excluding hydrogens is 382 g/mol. The Morgan fingerprint density at radius 3 is 2.03 bits per heavy atom. The van der Waals surface area contributed by atoms with E-state index in [-0.39, 0.29) is 30.7 Å². The number of ketones is 1. The van der Waals surface area contributed by atoms with Crippen molar-refractivity contribution in [3.63, 3.8) is 0 Å². The first-order chi connectivity index (χ1) is 14.5. The minimum absolute atomic E-state index is 0.0184. The number of Topliss-reactive ketones (excluding diaryl/α,β-unsaturated/α-hetero) is 1. The van der Waals surface area contributed by atoms with Crippen LogP contribution in [-0.2, 0) is 16.1 Å². The molecule has 0 aliphatic heterocycles. The molecule has 3 rings (SSSR count). The lowest BCUT2D eigenvalue weighted by molar-refractivity contribution is -0.129. The van der Waals surface area contributed by atoms with E-state index in [4.69, 9.17) is 0 Å². The summed E-state index contributed by atoms with van der Waals surface area (Å²) in [5, 5.41) is 0. The van der Waals surface area contributed by atoms with Gasteiger partial charge >= 0.3 is 0 Å². The second-order valence-corrected chi connectivity index (χ2v) is 6.63. The zero-order valence-corrected chi connectivity index (χ0v) is 16.2. The number of carbonyl (C=O) groups is 3. The lowest BCUT2D eigenvalue weighted by atomic mass is 10.0. The molecule has 2 amide bonds. The fourth-order valence-corrected chi connectivity index (χ4v) is 2.84. The number of nitrogens with one attached hydrogen (secondary N) is 2. The Labute approximate surface area is 173 Å². The second kappa shape index (κ2) is 9.97. The smallest absolute Gasteiger partial charge is 0.258 e. The van der Waals surface area contributed by atoms with Crippen LogP contribution in [0.5, 0.6) is 0 Å². The molecule has 2 aromatic carbocycles. The molecular formula is C23H21N3O4. The van der Waals surface area contributed by atoms with Gasteiger partial charge in [-0.25, -0.2) is 0 Å². The monoisotopic (exact) mass is 403 g/mol. The van der Waals surface area contributed by atoms with Crippen LogP contribution in [0.4, 0.5) is 0 Å². The Hall–Kier alpha value is -4.00. The average molecular weight is 403 g/mol. The van der Waals surface area contributed by atoms with Crippen molar-refractivity contribution in [3.8, 4) is 11.1 Å². The normalized spacial score (nSPS) is 10.3. The number of benzene rings is 2. The van der Waals surface area contributed by atoms with Crippen molar-refractivity contribution in [2.75, 3.05) is 0 Å². The van der Waals surface area contributed by atoms with E-state index >= 15 is 0 Å². The number of aromatic nitrogens is 1. The molecule has 30 heavy (non-hydrogen) atoms. The maximum atomic E-state index is 12.3.